The number of carbonyl (C=O) groups excluding carboxylic acids is 1. The van der Waals surface area contributed by atoms with Crippen molar-refractivity contribution in [3.8, 4) is 0 Å². The van der Waals surface area contributed by atoms with E-state index in [4.69, 9.17) is 5.73 Å². The summed E-state index contributed by atoms with van der Waals surface area (Å²) in [7, 11) is 0. The molecule has 3 unspecified atom stereocenters. The lowest BCUT2D eigenvalue weighted by molar-refractivity contribution is -0.187. The molecule has 2 fully saturated rings. The van der Waals surface area contributed by atoms with Crippen LogP contribution < -0.4 is 5.73 Å². The van der Waals surface area contributed by atoms with E-state index in [1.165, 1.54) is 0 Å². The first-order valence-electron chi connectivity index (χ1n) is 6.05. The van der Waals surface area contributed by atoms with Crippen molar-refractivity contribution in [3.63, 3.8) is 0 Å². The van der Waals surface area contributed by atoms with Crippen LogP contribution in [0.5, 0.6) is 0 Å². The minimum Gasteiger partial charge on any atom is -0.326 e. The van der Waals surface area contributed by atoms with E-state index in [9.17, 15) is 18.0 Å². The van der Waals surface area contributed by atoms with E-state index in [0.717, 1.165) is 4.90 Å². The van der Waals surface area contributed by atoms with E-state index in [0.29, 0.717) is 12.0 Å². The molecule has 2 N–H and O–H groups in total. The molecular weight excluding hydrogens is 257 g/mol. The van der Waals surface area contributed by atoms with Crippen molar-refractivity contribution in [2.24, 2.45) is 11.7 Å². The van der Waals surface area contributed by atoms with E-state index >= 15 is 0 Å². The molecule has 3 rings (SSSR count). The zero-order valence-corrected chi connectivity index (χ0v) is 10.0. The Hall–Kier alpha value is -1.56. The number of amides is 1. The molecule has 1 aliphatic heterocycles. The monoisotopic (exact) mass is 270 g/mol. The van der Waals surface area contributed by atoms with Crippen molar-refractivity contribution >= 4 is 5.91 Å². The van der Waals surface area contributed by atoms with Gasteiger partial charge in [-0.2, -0.15) is 13.2 Å². The maximum absolute atomic E-state index is 12.6. The maximum atomic E-state index is 12.6. The fourth-order valence-corrected chi connectivity index (χ4v) is 3.06. The SMILES string of the molecule is NC12CC1CN(C(=O)C(F)(F)F)C2c1ccccc1. The van der Waals surface area contributed by atoms with E-state index < -0.39 is 23.7 Å². The van der Waals surface area contributed by atoms with Crippen molar-refractivity contribution in [2.45, 2.75) is 24.2 Å². The average molecular weight is 270 g/mol. The van der Waals surface area contributed by atoms with E-state index in [-0.39, 0.29) is 12.5 Å². The van der Waals surface area contributed by atoms with Crippen molar-refractivity contribution in [3.05, 3.63) is 35.9 Å². The molecule has 0 aromatic heterocycles. The number of hydrogen-bond donors (Lipinski definition) is 1. The average Bonchev–Trinajstić information content (AvgIpc) is 2.90. The second-order valence-corrected chi connectivity index (χ2v) is 5.28. The largest absolute Gasteiger partial charge is 0.471 e. The van der Waals surface area contributed by atoms with Gasteiger partial charge in [0.05, 0.1) is 6.04 Å². The van der Waals surface area contributed by atoms with E-state index in [1.54, 1.807) is 30.3 Å². The second-order valence-electron chi connectivity index (χ2n) is 5.28. The minimum atomic E-state index is -4.85. The van der Waals surface area contributed by atoms with Crippen LogP contribution in [0.2, 0.25) is 0 Å². The van der Waals surface area contributed by atoms with Crippen molar-refractivity contribution in [1.82, 2.24) is 4.90 Å². The van der Waals surface area contributed by atoms with Gasteiger partial charge in [0.25, 0.3) is 0 Å². The number of carbonyl (C=O) groups is 1. The third kappa shape index (κ3) is 1.82. The second kappa shape index (κ2) is 3.72. The molecule has 0 spiro atoms. The molecule has 0 bridgehead atoms. The normalized spacial score (nSPS) is 33.2. The third-order valence-electron chi connectivity index (χ3n) is 4.06. The summed E-state index contributed by atoms with van der Waals surface area (Å²) >= 11 is 0. The number of rotatable bonds is 1. The van der Waals surface area contributed by atoms with Crippen molar-refractivity contribution in [1.29, 1.82) is 0 Å². The predicted octanol–water partition coefficient (Wildman–Crippen LogP) is 1.85. The van der Waals surface area contributed by atoms with Crippen molar-refractivity contribution in [2.75, 3.05) is 6.54 Å². The molecule has 2 aliphatic rings. The summed E-state index contributed by atoms with van der Waals surface area (Å²) in [5.41, 5.74) is 6.12. The highest BCUT2D eigenvalue weighted by Gasteiger charge is 2.67. The highest BCUT2D eigenvalue weighted by Crippen LogP contribution is 2.58. The summed E-state index contributed by atoms with van der Waals surface area (Å²) in [6.45, 7) is 0.0917. The van der Waals surface area contributed by atoms with Crippen LogP contribution in [-0.4, -0.2) is 29.1 Å². The Balaban J connectivity index is 1.96. The van der Waals surface area contributed by atoms with Gasteiger partial charge in [-0.05, 0) is 17.9 Å². The van der Waals surface area contributed by atoms with Gasteiger partial charge < -0.3 is 10.6 Å². The minimum absolute atomic E-state index is 0.0241. The number of likely N-dealkylation sites (tertiary alicyclic amines) is 1. The van der Waals surface area contributed by atoms with Crippen molar-refractivity contribution < 1.29 is 18.0 Å². The molecule has 102 valence electrons. The number of halogens is 3. The van der Waals surface area contributed by atoms with Crippen LogP contribution in [-0.2, 0) is 4.79 Å². The number of nitrogens with zero attached hydrogens (tertiary/aromatic N) is 1. The van der Waals surface area contributed by atoms with Gasteiger partial charge in [-0.15, -0.1) is 0 Å². The van der Waals surface area contributed by atoms with Gasteiger partial charge in [0.1, 0.15) is 0 Å². The fraction of sp³-hybridized carbons (Fsp3) is 0.462. The molecule has 19 heavy (non-hydrogen) atoms. The Morgan fingerprint density at radius 2 is 1.95 bits per heavy atom. The molecule has 1 saturated carbocycles. The number of benzene rings is 1. The van der Waals surface area contributed by atoms with Gasteiger partial charge in [0.2, 0.25) is 0 Å². The first-order valence-corrected chi connectivity index (χ1v) is 6.05. The Kier molecular flexibility index (Phi) is 2.44. The zero-order valence-electron chi connectivity index (χ0n) is 10.0. The summed E-state index contributed by atoms with van der Waals surface area (Å²) in [5.74, 6) is -1.82. The molecule has 1 saturated heterocycles. The third-order valence-corrected chi connectivity index (χ3v) is 4.06. The first kappa shape index (κ1) is 12.5. The smallest absolute Gasteiger partial charge is 0.326 e. The van der Waals surface area contributed by atoms with Gasteiger partial charge in [0, 0.05) is 12.1 Å². The molecule has 1 aromatic carbocycles. The molecule has 1 amide bonds. The van der Waals surface area contributed by atoms with Crippen LogP contribution in [0.15, 0.2) is 30.3 Å². The van der Waals surface area contributed by atoms with Crippen LogP contribution in [0, 0.1) is 5.92 Å². The Morgan fingerprint density at radius 1 is 1.32 bits per heavy atom. The van der Waals surface area contributed by atoms with E-state index in [2.05, 4.69) is 0 Å². The van der Waals surface area contributed by atoms with Crippen LogP contribution in [0.3, 0.4) is 0 Å². The zero-order chi connectivity index (χ0) is 13.8. The van der Waals surface area contributed by atoms with Gasteiger partial charge in [-0.3, -0.25) is 4.79 Å². The molecule has 1 heterocycles. The van der Waals surface area contributed by atoms with Gasteiger partial charge in [0.15, 0.2) is 0 Å². The van der Waals surface area contributed by atoms with Crippen LogP contribution >= 0.6 is 0 Å². The number of fused-ring (bicyclic) bond motifs is 1. The van der Waals surface area contributed by atoms with Crippen LogP contribution in [0.1, 0.15) is 18.0 Å². The Morgan fingerprint density at radius 3 is 2.53 bits per heavy atom. The lowest BCUT2D eigenvalue weighted by atomic mass is 9.98. The number of piperidine rings is 1. The lowest BCUT2D eigenvalue weighted by Gasteiger charge is -2.31. The number of alkyl halides is 3. The Bertz CT molecular complexity index is 516. The highest BCUT2D eigenvalue weighted by atomic mass is 19.4. The summed E-state index contributed by atoms with van der Waals surface area (Å²) in [6.07, 6.45) is -4.17. The number of nitrogens with two attached hydrogens (primary N) is 1. The molecule has 0 radical (unpaired) electrons. The van der Waals surface area contributed by atoms with Gasteiger partial charge in [-0.1, -0.05) is 30.3 Å². The number of hydrogen-bond acceptors (Lipinski definition) is 2. The van der Waals surface area contributed by atoms with Gasteiger partial charge >= 0.3 is 12.1 Å². The summed E-state index contributed by atoms with van der Waals surface area (Å²) in [4.78, 5) is 12.4. The lowest BCUT2D eigenvalue weighted by Crippen LogP contribution is -2.46. The summed E-state index contributed by atoms with van der Waals surface area (Å²) in [6, 6.07) is 8.03. The Labute approximate surface area is 108 Å². The summed E-state index contributed by atoms with van der Waals surface area (Å²) in [5, 5.41) is 0. The van der Waals surface area contributed by atoms with Crippen LogP contribution in [0.4, 0.5) is 13.2 Å². The molecule has 3 nitrogen and oxygen atoms in total. The molecule has 1 aromatic rings. The topological polar surface area (TPSA) is 46.3 Å². The summed E-state index contributed by atoms with van der Waals surface area (Å²) < 4.78 is 37.9. The predicted molar refractivity (Wildman–Crippen MR) is 62.0 cm³/mol. The molecule has 6 heteroatoms. The molecular formula is C13H13F3N2O. The van der Waals surface area contributed by atoms with E-state index in [1.807, 2.05) is 0 Å². The van der Waals surface area contributed by atoms with Crippen LogP contribution in [0.25, 0.3) is 0 Å². The molecule has 1 aliphatic carbocycles. The standard InChI is InChI=1S/C13H13F3N2O/c14-13(15,16)11(19)18-7-9-6-12(9,17)10(18)8-4-2-1-3-5-8/h1-5,9-10H,6-7,17H2. The molecule has 3 atom stereocenters. The van der Waals surface area contributed by atoms with Gasteiger partial charge in [-0.25, -0.2) is 0 Å². The highest BCUT2D eigenvalue weighted by molar-refractivity contribution is 5.83. The maximum Gasteiger partial charge on any atom is 0.471 e. The fourth-order valence-electron chi connectivity index (χ4n) is 3.06. The first-order chi connectivity index (χ1) is 8.84. The quantitative estimate of drug-likeness (QED) is 0.846.